The number of nitrogens with zero attached hydrogens (tertiary/aromatic N) is 1. The standard InChI is InChI=1S/C15H21N3O4.ClH/c19-15(17-9-7-12-4-3-8-16-10-12)11-22-14-6-2-1-5-13(14)18(20)21;/h1-2,5-6,12,16H,3-4,7-11H2,(H,17,19);1H. The second-order valence-corrected chi connectivity index (χ2v) is 5.36. The summed E-state index contributed by atoms with van der Waals surface area (Å²) in [6.45, 7) is 2.47. The van der Waals surface area contributed by atoms with Gasteiger partial charge in [-0.3, -0.25) is 14.9 Å². The summed E-state index contributed by atoms with van der Waals surface area (Å²) in [7, 11) is 0. The van der Waals surface area contributed by atoms with Crippen LogP contribution in [0.4, 0.5) is 5.69 Å². The summed E-state index contributed by atoms with van der Waals surface area (Å²) in [6, 6.07) is 6.03. The van der Waals surface area contributed by atoms with Crippen molar-refractivity contribution in [3.8, 4) is 5.75 Å². The Bertz CT molecular complexity index is 521. The molecule has 1 unspecified atom stereocenters. The Morgan fingerprint density at radius 1 is 1.43 bits per heavy atom. The molecule has 0 aliphatic carbocycles. The first-order chi connectivity index (χ1) is 10.7. The second kappa shape index (κ2) is 10.0. The van der Waals surface area contributed by atoms with E-state index in [0.29, 0.717) is 12.5 Å². The number of para-hydroxylation sites is 2. The van der Waals surface area contributed by atoms with E-state index >= 15 is 0 Å². The van der Waals surface area contributed by atoms with E-state index in [9.17, 15) is 14.9 Å². The summed E-state index contributed by atoms with van der Waals surface area (Å²) in [4.78, 5) is 22.0. The second-order valence-electron chi connectivity index (χ2n) is 5.36. The third-order valence-corrected chi connectivity index (χ3v) is 3.69. The van der Waals surface area contributed by atoms with E-state index in [-0.39, 0.29) is 36.4 Å². The average Bonchev–Trinajstić information content (AvgIpc) is 2.54. The van der Waals surface area contributed by atoms with Gasteiger partial charge >= 0.3 is 5.69 Å². The van der Waals surface area contributed by atoms with Gasteiger partial charge in [0, 0.05) is 12.6 Å². The molecule has 1 aromatic carbocycles. The SMILES string of the molecule is Cl.O=C(COc1ccccc1[N+](=O)[O-])NCCC1CCCNC1. The molecule has 1 aromatic rings. The van der Waals surface area contributed by atoms with Gasteiger partial charge in [0.05, 0.1) is 4.92 Å². The quantitative estimate of drug-likeness (QED) is 0.582. The summed E-state index contributed by atoms with van der Waals surface area (Å²) in [5.74, 6) is 0.450. The number of benzene rings is 1. The first kappa shape index (κ1) is 19.2. The Balaban J connectivity index is 0.00000264. The van der Waals surface area contributed by atoms with Gasteiger partial charge in [-0.1, -0.05) is 12.1 Å². The summed E-state index contributed by atoms with van der Waals surface area (Å²) < 4.78 is 5.24. The minimum atomic E-state index is -0.524. The fraction of sp³-hybridized carbons (Fsp3) is 0.533. The van der Waals surface area contributed by atoms with E-state index in [0.717, 1.165) is 19.5 Å². The molecule has 23 heavy (non-hydrogen) atoms. The molecule has 1 aliphatic rings. The molecule has 128 valence electrons. The fourth-order valence-corrected chi connectivity index (χ4v) is 2.51. The Morgan fingerprint density at radius 3 is 2.91 bits per heavy atom. The van der Waals surface area contributed by atoms with E-state index < -0.39 is 4.92 Å². The van der Waals surface area contributed by atoms with Crippen LogP contribution in [0.5, 0.6) is 5.75 Å². The lowest BCUT2D eigenvalue weighted by molar-refractivity contribution is -0.385. The van der Waals surface area contributed by atoms with Gasteiger partial charge in [-0.2, -0.15) is 0 Å². The Morgan fingerprint density at radius 2 is 2.22 bits per heavy atom. The normalized spacial score (nSPS) is 17.0. The lowest BCUT2D eigenvalue weighted by atomic mass is 9.96. The number of carbonyl (C=O) groups excluding carboxylic acids is 1. The van der Waals surface area contributed by atoms with Crippen molar-refractivity contribution in [2.24, 2.45) is 5.92 Å². The van der Waals surface area contributed by atoms with Crippen molar-refractivity contribution in [1.29, 1.82) is 0 Å². The van der Waals surface area contributed by atoms with Gasteiger partial charge in [-0.25, -0.2) is 0 Å². The van der Waals surface area contributed by atoms with E-state index in [1.165, 1.54) is 25.0 Å². The fourth-order valence-electron chi connectivity index (χ4n) is 2.51. The van der Waals surface area contributed by atoms with Crippen LogP contribution in [0.1, 0.15) is 19.3 Å². The van der Waals surface area contributed by atoms with Crippen molar-refractivity contribution in [2.45, 2.75) is 19.3 Å². The molecule has 0 bridgehead atoms. The zero-order valence-corrected chi connectivity index (χ0v) is 13.6. The average molecular weight is 344 g/mol. The van der Waals surface area contributed by atoms with Gasteiger partial charge in [0.2, 0.25) is 0 Å². The van der Waals surface area contributed by atoms with Crippen molar-refractivity contribution in [3.63, 3.8) is 0 Å². The van der Waals surface area contributed by atoms with Crippen LogP contribution in [0.2, 0.25) is 0 Å². The molecule has 1 heterocycles. The topological polar surface area (TPSA) is 93.5 Å². The molecular formula is C15H22ClN3O4. The van der Waals surface area contributed by atoms with E-state index in [1.807, 2.05) is 0 Å². The molecule has 1 fully saturated rings. The molecule has 0 spiro atoms. The number of amides is 1. The number of hydrogen-bond donors (Lipinski definition) is 2. The molecule has 1 aliphatic heterocycles. The summed E-state index contributed by atoms with van der Waals surface area (Å²) in [5.41, 5.74) is -0.136. The van der Waals surface area contributed by atoms with Crippen LogP contribution in [-0.2, 0) is 4.79 Å². The van der Waals surface area contributed by atoms with Crippen molar-refractivity contribution in [3.05, 3.63) is 34.4 Å². The zero-order valence-electron chi connectivity index (χ0n) is 12.8. The maximum atomic E-state index is 11.7. The van der Waals surface area contributed by atoms with Crippen LogP contribution < -0.4 is 15.4 Å². The maximum Gasteiger partial charge on any atom is 0.310 e. The first-order valence-electron chi connectivity index (χ1n) is 7.50. The number of nitro benzene ring substituents is 1. The third-order valence-electron chi connectivity index (χ3n) is 3.69. The highest BCUT2D eigenvalue weighted by Crippen LogP contribution is 2.25. The molecule has 0 saturated carbocycles. The minimum Gasteiger partial charge on any atom is -0.477 e. The molecule has 2 N–H and O–H groups in total. The molecular weight excluding hydrogens is 322 g/mol. The summed E-state index contributed by atoms with van der Waals surface area (Å²) in [5, 5.41) is 17.0. The number of nitrogens with one attached hydrogen (secondary N) is 2. The molecule has 2 rings (SSSR count). The van der Waals surface area contributed by atoms with Gasteiger partial charge in [0.15, 0.2) is 12.4 Å². The zero-order chi connectivity index (χ0) is 15.8. The highest BCUT2D eigenvalue weighted by molar-refractivity contribution is 5.85. The van der Waals surface area contributed by atoms with E-state index in [4.69, 9.17) is 4.74 Å². The highest BCUT2D eigenvalue weighted by atomic mass is 35.5. The Kier molecular flexibility index (Phi) is 8.36. The number of halogens is 1. The number of carbonyl (C=O) groups is 1. The van der Waals surface area contributed by atoms with Crippen molar-refractivity contribution in [2.75, 3.05) is 26.2 Å². The van der Waals surface area contributed by atoms with Gasteiger partial charge < -0.3 is 15.4 Å². The summed E-state index contributed by atoms with van der Waals surface area (Å²) >= 11 is 0. The predicted octanol–water partition coefficient (Wildman–Crippen LogP) is 1.90. The van der Waals surface area contributed by atoms with Gasteiger partial charge in [0.25, 0.3) is 5.91 Å². The Hall–Kier alpha value is -1.86. The molecule has 0 radical (unpaired) electrons. The largest absolute Gasteiger partial charge is 0.477 e. The van der Waals surface area contributed by atoms with Crippen LogP contribution in [0.3, 0.4) is 0 Å². The number of nitro groups is 1. The predicted molar refractivity (Wildman–Crippen MR) is 89.1 cm³/mol. The smallest absolute Gasteiger partial charge is 0.310 e. The number of hydrogen-bond acceptors (Lipinski definition) is 5. The Labute approximate surface area is 141 Å². The lowest BCUT2D eigenvalue weighted by Crippen LogP contribution is -2.34. The van der Waals surface area contributed by atoms with E-state index in [1.54, 1.807) is 12.1 Å². The summed E-state index contributed by atoms with van der Waals surface area (Å²) in [6.07, 6.45) is 3.30. The van der Waals surface area contributed by atoms with Gasteiger partial charge in [-0.05, 0) is 44.3 Å². The highest BCUT2D eigenvalue weighted by Gasteiger charge is 2.15. The monoisotopic (exact) mass is 343 g/mol. The lowest BCUT2D eigenvalue weighted by Gasteiger charge is -2.22. The molecule has 1 atom stereocenters. The van der Waals surface area contributed by atoms with Crippen molar-refractivity contribution < 1.29 is 14.5 Å². The number of piperidine rings is 1. The van der Waals surface area contributed by atoms with Gasteiger partial charge in [0.1, 0.15) is 0 Å². The van der Waals surface area contributed by atoms with Crippen LogP contribution >= 0.6 is 12.4 Å². The molecule has 0 aromatic heterocycles. The van der Waals surface area contributed by atoms with Crippen LogP contribution in [0.25, 0.3) is 0 Å². The molecule has 1 saturated heterocycles. The number of ether oxygens (including phenoxy) is 1. The number of rotatable bonds is 7. The van der Waals surface area contributed by atoms with Crippen molar-refractivity contribution in [1.82, 2.24) is 10.6 Å². The van der Waals surface area contributed by atoms with Crippen molar-refractivity contribution >= 4 is 24.0 Å². The first-order valence-corrected chi connectivity index (χ1v) is 7.50. The van der Waals surface area contributed by atoms with Crippen LogP contribution in [-0.4, -0.2) is 37.1 Å². The molecule has 8 heteroatoms. The third kappa shape index (κ3) is 6.42. The van der Waals surface area contributed by atoms with Crippen LogP contribution in [0.15, 0.2) is 24.3 Å². The van der Waals surface area contributed by atoms with Crippen LogP contribution in [0, 0.1) is 16.0 Å². The molecule has 7 nitrogen and oxygen atoms in total. The van der Waals surface area contributed by atoms with Gasteiger partial charge in [-0.15, -0.1) is 12.4 Å². The molecule has 1 amide bonds. The van der Waals surface area contributed by atoms with E-state index in [2.05, 4.69) is 10.6 Å². The minimum absolute atomic E-state index is 0. The maximum absolute atomic E-state index is 11.7.